The Morgan fingerprint density at radius 2 is 2.08 bits per heavy atom. The molecule has 1 aromatic carbocycles. The third-order valence-corrected chi connectivity index (χ3v) is 8.07. The largest absolute Gasteiger partial charge is 0.496 e. The van der Waals surface area contributed by atoms with E-state index >= 15 is 0 Å². The molecule has 4 aliphatic rings. The van der Waals surface area contributed by atoms with Gasteiger partial charge in [-0.15, -0.1) is 0 Å². The number of methoxy groups -OCH3 is 1. The molecule has 0 radical (unpaired) electrons. The van der Waals surface area contributed by atoms with Gasteiger partial charge in [0.05, 0.1) is 13.2 Å². The minimum Gasteiger partial charge on any atom is -0.496 e. The first-order valence-corrected chi connectivity index (χ1v) is 10.4. The first kappa shape index (κ1) is 16.7. The summed E-state index contributed by atoms with van der Waals surface area (Å²) in [5, 5.41) is 0. The van der Waals surface area contributed by atoms with Crippen LogP contribution in [-0.2, 0) is 4.74 Å². The Balaban J connectivity index is 1.49. The van der Waals surface area contributed by atoms with Crippen molar-refractivity contribution in [3.05, 3.63) is 35.9 Å². The van der Waals surface area contributed by atoms with Crippen LogP contribution in [0.5, 0.6) is 5.75 Å². The number of hydrogen-bond acceptors (Lipinski definition) is 3. The van der Waals surface area contributed by atoms with Crippen LogP contribution >= 0.6 is 0 Å². The Hall–Kier alpha value is -1.48. The Kier molecular flexibility index (Phi) is 3.86. The van der Waals surface area contributed by atoms with Crippen LogP contribution in [0.4, 0.5) is 5.69 Å². The van der Waals surface area contributed by atoms with Gasteiger partial charge in [-0.25, -0.2) is 0 Å². The van der Waals surface area contributed by atoms with Crippen molar-refractivity contribution < 1.29 is 9.47 Å². The van der Waals surface area contributed by atoms with E-state index in [1.54, 1.807) is 7.11 Å². The van der Waals surface area contributed by atoms with E-state index < -0.39 is 0 Å². The van der Waals surface area contributed by atoms with Crippen molar-refractivity contribution in [2.75, 3.05) is 31.7 Å². The SMILES string of the molecule is C=C1[C@@H]2C[C@@H]3[C@@H](c4ccc(N5CCCC5)cc4OC)OCC[C@]3(C2)[C@H]1C. The van der Waals surface area contributed by atoms with E-state index in [-0.39, 0.29) is 6.10 Å². The normalized spacial score (nSPS) is 38.7. The summed E-state index contributed by atoms with van der Waals surface area (Å²) in [6.45, 7) is 10.0. The second-order valence-electron chi connectivity index (χ2n) is 8.93. The van der Waals surface area contributed by atoms with Crippen molar-refractivity contribution in [1.82, 2.24) is 0 Å². The van der Waals surface area contributed by atoms with E-state index in [4.69, 9.17) is 9.47 Å². The molecule has 2 saturated carbocycles. The van der Waals surface area contributed by atoms with Gasteiger partial charge in [-0.3, -0.25) is 0 Å². The van der Waals surface area contributed by atoms with Crippen molar-refractivity contribution in [2.45, 2.75) is 45.1 Å². The number of rotatable bonds is 3. The summed E-state index contributed by atoms with van der Waals surface area (Å²) in [5.41, 5.74) is 4.45. The van der Waals surface area contributed by atoms with Gasteiger partial charge in [-0.2, -0.15) is 0 Å². The minimum atomic E-state index is 0.173. The lowest BCUT2D eigenvalue weighted by Gasteiger charge is -2.48. The van der Waals surface area contributed by atoms with Gasteiger partial charge in [0.2, 0.25) is 0 Å². The molecule has 140 valence electrons. The zero-order valence-corrected chi connectivity index (χ0v) is 16.2. The highest BCUT2D eigenvalue weighted by molar-refractivity contribution is 5.55. The Morgan fingerprint density at radius 3 is 2.81 bits per heavy atom. The maximum absolute atomic E-state index is 6.39. The van der Waals surface area contributed by atoms with E-state index in [1.807, 2.05) is 0 Å². The van der Waals surface area contributed by atoms with Crippen LogP contribution in [0.25, 0.3) is 0 Å². The molecule has 2 heterocycles. The molecule has 5 rings (SSSR count). The number of hydrogen-bond donors (Lipinski definition) is 0. The lowest BCUT2D eigenvalue weighted by atomic mass is 9.62. The van der Waals surface area contributed by atoms with E-state index in [1.165, 1.54) is 48.9 Å². The third-order valence-electron chi connectivity index (χ3n) is 8.07. The highest BCUT2D eigenvalue weighted by Crippen LogP contribution is 2.69. The van der Waals surface area contributed by atoms with Crippen LogP contribution in [0.15, 0.2) is 30.4 Å². The summed E-state index contributed by atoms with van der Waals surface area (Å²) in [6, 6.07) is 6.80. The molecule has 26 heavy (non-hydrogen) atoms. The average Bonchev–Trinajstić information content (AvgIpc) is 3.38. The fraction of sp³-hybridized carbons (Fsp3) is 0.652. The molecule has 2 saturated heterocycles. The molecule has 5 atom stereocenters. The Labute approximate surface area is 157 Å². The summed E-state index contributed by atoms with van der Waals surface area (Å²) in [4.78, 5) is 2.47. The van der Waals surface area contributed by atoms with Crippen LogP contribution in [0.1, 0.15) is 50.7 Å². The van der Waals surface area contributed by atoms with Crippen molar-refractivity contribution in [3.8, 4) is 5.75 Å². The highest BCUT2D eigenvalue weighted by Gasteiger charge is 2.61. The van der Waals surface area contributed by atoms with Crippen molar-refractivity contribution in [2.24, 2.45) is 23.2 Å². The standard InChI is InChI=1S/C23H31NO2/c1-15-16(2)23-8-11-26-22(20(23)12-17(15)14-23)19-7-6-18(13-21(19)25-3)24-9-4-5-10-24/h6-7,13,16-17,20,22H,1,4-5,8-12,14H2,2-3H3/t16-,17+,20+,22+,23-/m0/s1. The number of ether oxygens (including phenoxy) is 2. The van der Waals surface area contributed by atoms with Gasteiger partial charge in [0.1, 0.15) is 5.75 Å². The molecular weight excluding hydrogens is 322 g/mol. The molecular formula is C23H31NO2. The van der Waals surface area contributed by atoms with Gasteiger partial charge in [0.15, 0.2) is 0 Å². The molecule has 0 aromatic heterocycles. The fourth-order valence-electron chi connectivity index (χ4n) is 6.57. The van der Waals surface area contributed by atoms with Gasteiger partial charge >= 0.3 is 0 Å². The first-order valence-electron chi connectivity index (χ1n) is 10.4. The van der Waals surface area contributed by atoms with Gasteiger partial charge in [-0.1, -0.05) is 25.1 Å². The molecule has 2 aliphatic carbocycles. The molecule has 2 bridgehead atoms. The number of anilines is 1. The number of nitrogens with zero attached hydrogens (tertiary/aromatic N) is 1. The monoisotopic (exact) mass is 353 g/mol. The van der Waals surface area contributed by atoms with Gasteiger partial charge in [0.25, 0.3) is 0 Å². The quantitative estimate of drug-likeness (QED) is 0.716. The second-order valence-corrected chi connectivity index (χ2v) is 8.93. The van der Waals surface area contributed by atoms with Crippen molar-refractivity contribution >= 4 is 5.69 Å². The topological polar surface area (TPSA) is 21.7 Å². The second kappa shape index (κ2) is 6.02. The predicted molar refractivity (Wildman–Crippen MR) is 105 cm³/mol. The summed E-state index contributed by atoms with van der Waals surface area (Å²) in [5.74, 6) is 2.94. The smallest absolute Gasteiger partial charge is 0.126 e. The maximum Gasteiger partial charge on any atom is 0.126 e. The molecule has 4 fully saturated rings. The van der Waals surface area contributed by atoms with Crippen LogP contribution < -0.4 is 9.64 Å². The molecule has 1 aromatic rings. The molecule has 0 N–H and O–H groups in total. The van der Waals surface area contributed by atoms with E-state index in [0.717, 1.165) is 25.4 Å². The molecule has 2 aliphatic heterocycles. The molecule has 3 heteroatoms. The zero-order valence-electron chi connectivity index (χ0n) is 16.2. The maximum atomic E-state index is 6.39. The predicted octanol–water partition coefficient (Wildman–Crippen LogP) is 4.98. The highest BCUT2D eigenvalue weighted by atomic mass is 16.5. The number of allylic oxidation sites excluding steroid dienone is 1. The lowest BCUT2D eigenvalue weighted by molar-refractivity contribution is -0.107. The summed E-state index contributed by atoms with van der Waals surface area (Å²) < 4.78 is 12.2. The Bertz CT molecular complexity index is 723. The number of benzene rings is 1. The Morgan fingerprint density at radius 1 is 1.27 bits per heavy atom. The third kappa shape index (κ3) is 2.22. The van der Waals surface area contributed by atoms with Gasteiger partial charge in [-0.05, 0) is 61.3 Å². The van der Waals surface area contributed by atoms with Crippen LogP contribution in [0.2, 0.25) is 0 Å². The molecule has 3 nitrogen and oxygen atoms in total. The first-order chi connectivity index (χ1) is 12.6. The van der Waals surface area contributed by atoms with Gasteiger partial charge < -0.3 is 14.4 Å². The van der Waals surface area contributed by atoms with E-state index in [0.29, 0.717) is 23.2 Å². The molecule has 1 spiro atoms. The molecule has 0 amide bonds. The van der Waals surface area contributed by atoms with E-state index in [2.05, 4.69) is 36.6 Å². The van der Waals surface area contributed by atoms with Crippen molar-refractivity contribution in [1.29, 1.82) is 0 Å². The summed E-state index contributed by atoms with van der Waals surface area (Å²) in [7, 11) is 1.80. The lowest BCUT2D eigenvalue weighted by Crippen LogP contribution is -2.42. The summed E-state index contributed by atoms with van der Waals surface area (Å²) >= 11 is 0. The number of fused-ring (bicyclic) bond motifs is 1. The van der Waals surface area contributed by atoms with Crippen LogP contribution in [-0.4, -0.2) is 26.8 Å². The van der Waals surface area contributed by atoms with Crippen LogP contribution in [0, 0.1) is 23.2 Å². The average molecular weight is 354 g/mol. The van der Waals surface area contributed by atoms with E-state index in [9.17, 15) is 0 Å². The van der Waals surface area contributed by atoms with Crippen LogP contribution in [0.3, 0.4) is 0 Å². The molecule has 0 unspecified atom stereocenters. The van der Waals surface area contributed by atoms with Gasteiger partial charge in [0, 0.05) is 37.0 Å². The summed E-state index contributed by atoms with van der Waals surface area (Å²) in [6.07, 6.45) is 6.52. The minimum absolute atomic E-state index is 0.173. The van der Waals surface area contributed by atoms with Crippen molar-refractivity contribution in [3.63, 3.8) is 0 Å². The fourth-order valence-corrected chi connectivity index (χ4v) is 6.57. The zero-order chi connectivity index (χ0) is 17.9.